The number of hydrogen-bond donors (Lipinski definition) is 1. The first-order valence-electron chi connectivity index (χ1n) is 4.24. The van der Waals surface area contributed by atoms with Crippen LogP contribution in [0.4, 0.5) is 0 Å². The molecule has 2 aliphatic rings. The molecule has 0 saturated carbocycles. The first-order chi connectivity index (χ1) is 5.81. The summed E-state index contributed by atoms with van der Waals surface area (Å²) in [6, 6.07) is 0. The maximum absolute atomic E-state index is 11.0. The molecule has 1 spiro atoms. The third-order valence-corrected chi connectivity index (χ3v) is 2.47. The molecule has 0 radical (unpaired) electrons. The Balaban J connectivity index is 2.02. The molecule has 0 aliphatic carbocycles. The zero-order valence-corrected chi connectivity index (χ0v) is 6.88. The summed E-state index contributed by atoms with van der Waals surface area (Å²) >= 11 is 0. The highest BCUT2D eigenvalue weighted by Gasteiger charge is 2.36. The molecule has 4 nitrogen and oxygen atoms in total. The van der Waals surface area contributed by atoms with Gasteiger partial charge in [0, 0.05) is 19.4 Å². The lowest BCUT2D eigenvalue weighted by atomic mass is 9.95. The van der Waals surface area contributed by atoms with E-state index in [1.54, 1.807) is 0 Å². The molecule has 2 rings (SSSR count). The number of nitrogens with one attached hydrogen (secondary N) is 1. The second-order valence-corrected chi connectivity index (χ2v) is 3.35. The molecule has 1 amide bonds. The van der Waals surface area contributed by atoms with Gasteiger partial charge >= 0.3 is 0 Å². The number of carbonyl (C=O) groups is 1. The third-order valence-electron chi connectivity index (χ3n) is 2.47. The van der Waals surface area contributed by atoms with Crippen molar-refractivity contribution in [2.24, 2.45) is 4.99 Å². The number of amides is 1. The fourth-order valence-corrected chi connectivity index (χ4v) is 1.65. The number of aliphatic imine (C=N–C) groups is 1. The predicted molar refractivity (Wildman–Crippen MR) is 44.0 cm³/mol. The quantitative estimate of drug-likeness (QED) is 0.557. The maximum atomic E-state index is 11.0. The molecule has 1 fully saturated rings. The van der Waals surface area contributed by atoms with Crippen LogP contribution >= 0.6 is 0 Å². The number of carbonyl (C=O) groups excluding carboxylic acids is 1. The molecular weight excluding hydrogens is 156 g/mol. The van der Waals surface area contributed by atoms with Crippen molar-refractivity contribution in [3.05, 3.63) is 0 Å². The highest BCUT2D eigenvalue weighted by molar-refractivity contribution is 5.76. The van der Waals surface area contributed by atoms with Crippen molar-refractivity contribution in [2.45, 2.75) is 24.9 Å². The first kappa shape index (κ1) is 7.58. The molecule has 1 N–H and O–H groups in total. The fourth-order valence-electron chi connectivity index (χ4n) is 1.65. The molecule has 0 bridgehead atoms. The van der Waals surface area contributed by atoms with Crippen molar-refractivity contribution in [1.82, 2.24) is 5.32 Å². The van der Waals surface area contributed by atoms with Crippen LogP contribution in [-0.4, -0.2) is 31.0 Å². The lowest BCUT2D eigenvalue weighted by Gasteiger charge is -2.24. The molecule has 1 atom stereocenters. The first-order valence-corrected chi connectivity index (χ1v) is 4.24. The normalized spacial score (nSPS) is 34.5. The van der Waals surface area contributed by atoms with Gasteiger partial charge in [-0.15, -0.1) is 0 Å². The summed E-state index contributed by atoms with van der Waals surface area (Å²) in [4.78, 5) is 15.1. The van der Waals surface area contributed by atoms with Gasteiger partial charge in [-0.2, -0.15) is 0 Å². The molecule has 0 aromatic rings. The van der Waals surface area contributed by atoms with Crippen LogP contribution in [0, 0.1) is 0 Å². The van der Waals surface area contributed by atoms with Gasteiger partial charge in [0.1, 0.15) is 5.60 Å². The SMILES string of the molecule is O=C1CCC2(CCN1)CN=CO2. The Morgan fingerprint density at radius 1 is 1.58 bits per heavy atom. The Bertz CT molecular complexity index is 217. The minimum absolute atomic E-state index is 0.127. The van der Waals surface area contributed by atoms with Gasteiger partial charge in [0.15, 0.2) is 6.40 Å². The molecule has 12 heavy (non-hydrogen) atoms. The van der Waals surface area contributed by atoms with Gasteiger partial charge in [0.2, 0.25) is 5.91 Å². The van der Waals surface area contributed by atoms with Gasteiger partial charge in [-0.05, 0) is 6.42 Å². The van der Waals surface area contributed by atoms with Crippen LogP contribution in [-0.2, 0) is 9.53 Å². The summed E-state index contributed by atoms with van der Waals surface area (Å²) in [5, 5.41) is 2.82. The number of ether oxygens (including phenoxy) is 1. The molecule has 2 heterocycles. The monoisotopic (exact) mass is 168 g/mol. The summed E-state index contributed by atoms with van der Waals surface area (Å²) < 4.78 is 5.43. The lowest BCUT2D eigenvalue weighted by Crippen LogP contribution is -2.32. The van der Waals surface area contributed by atoms with Crippen LogP contribution in [0.3, 0.4) is 0 Å². The molecule has 4 heteroatoms. The zero-order valence-electron chi connectivity index (χ0n) is 6.88. The van der Waals surface area contributed by atoms with E-state index in [1.807, 2.05) is 0 Å². The van der Waals surface area contributed by atoms with Gasteiger partial charge in [0.25, 0.3) is 0 Å². The van der Waals surface area contributed by atoms with Crippen molar-refractivity contribution >= 4 is 12.3 Å². The van der Waals surface area contributed by atoms with Gasteiger partial charge in [-0.25, -0.2) is 0 Å². The van der Waals surface area contributed by atoms with Gasteiger partial charge in [0.05, 0.1) is 6.54 Å². The van der Waals surface area contributed by atoms with E-state index >= 15 is 0 Å². The van der Waals surface area contributed by atoms with Crippen LogP contribution in [0.1, 0.15) is 19.3 Å². The number of hydrogen-bond acceptors (Lipinski definition) is 3. The van der Waals surface area contributed by atoms with E-state index in [0.29, 0.717) is 19.5 Å². The summed E-state index contributed by atoms with van der Waals surface area (Å²) in [6.45, 7) is 1.42. The van der Waals surface area contributed by atoms with Crippen LogP contribution in [0.15, 0.2) is 4.99 Å². The molecule has 0 aromatic heterocycles. The van der Waals surface area contributed by atoms with E-state index in [2.05, 4.69) is 10.3 Å². The largest absolute Gasteiger partial charge is 0.475 e. The minimum Gasteiger partial charge on any atom is -0.475 e. The van der Waals surface area contributed by atoms with Gasteiger partial charge in [-0.3, -0.25) is 9.79 Å². The van der Waals surface area contributed by atoms with E-state index < -0.39 is 0 Å². The maximum Gasteiger partial charge on any atom is 0.220 e. The smallest absolute Gasteiger partial charge is 0.220 e. The van der Waals surface area contributed by atoms with Crippen molar-refractivity contribution in [3.63, 3.8) is 0 Å². The topological polar surface area (TPSA) is 50.7 Å². The standard InChI is InChI=1S/C8H12N2O2/c11-7-1-2-8(3-4-10-7)5-9-6-12-8/h6H,1-5H2,(H,10,11). The lowest BCUT2D eigenvalue weighted by molar-refractivity contribution is -0.121. The van der Waals surface area contributed by atoms with Crippen molar-refractivity contribution in [2.75, 3.05) is 13.1 Å². The summed E-state index contributed by atoms with van der Waals surface area (Å²) in [5.74, 6) is 0.127. The minimum atomic E-state index is -0.167. The second kappa shape index (κ2) is 2.77. The van der Waals surface area contributed by atoms with E-state index in [-0.39, 0.29) is 11.5 Å². The number of rotatable bonds is 0. The highest BCUT2D eigenvalue weighted by atomic mass is 16.5. The number of nitrogens with zero attached hydrogens (tertiary/aromatic N) is 1. The van der Waals surface area contributed by atoms with Crippen molar-refractivity contribution in [3.8, 4) is 0 Å². The van der Waals surface area contributed by atoms with Crippen LogP contribution in [0.5, 0.6) is 0 Å². The van der Waals surface area contributed by atoms with Crippen molar-refractivity contribution in [1.29, 1.82) is 0 Å². The van der Waals surface area contributed by atoms with Gasteiger partial charge in [-0.1, -0.05) is 0 Å². The average Bonchev–Trinajstić information content (AvgIpc) is 2.42. The average molecular weight is 168 g/mol. The molecular formula is C8H12N2O2. The Hall–Kier alpha value is -1.06. The second-order valence-electron chi connectivity index (χ2n) is 3.35. The van der Waals surface area contributed by atoms with E-state index in [0.717, 1.165) is 12.8 Å². The van der Waals surface area contributed by atoms with Crippen LogP contribution < -0.4 is 5.32 Å². The Morgan fingerprint density at radius 3 is 3.25 bits per heavy atom. The Morgan fingerprint density at radius 2 is 2.50 bits per heavy atom. The van der Waals surface area contributed by atoms with E-state index in [1.165, 1.54) is 6.40 Å². The molecule has 1 unspecified atom stereocenters. The molecule has 1 saturated heterocycles. The van der Waals surface area contributed by atoms with Crippen LogP contribution in [0.25, 0.3) is 0 Å². The molecule has 2 aliphatic heterocycles. The van der Waals surface area contributed by atoms with Gasteiger partial charge < -0.3 is 10.1 Å². The molecule has 66 valence electrons. The summed E-state index contributed by atoms with van der Waals surface area (Å²) in [5.41, 5.74) is -0.167. The highest BCUT2D eigenvalue weighted by Crippen LogP contribution is 2.27. The predicted octanol–water partition coefficient (Wildman–Crippen LogP) is 0.0838. The van der Waals surface area contributed by atoms with Crippen LogP contribution in [0.2, 0.25) is 0 Å². The van der Waals surface area contributed by atoms with E-state index in [9.17, 15) is 4.79 Å². The van der Waals surface area contributed by atoms with Crippen molar-refractivity contribution < 1.29 is 9.53 Å². The Kier molecular flexibility index (Phi) is 1.75. The summed E-state index contributed by atoms with van der Waals surface area (Å²) in [7, 11) is 0. The summed E-state index contributed by atoms with van der Waals surface area (Å²) in [6.07, 6.45) is 3.73. The molecule has 0 aromatic carbocycles. The fraction of sp³-hybridized carbons (Fsp3) is 0.750. The Labute approximate surface area is 71.0 Å². The zero-order chi connectivity index (χ0) is 8.44. The third kappa shape index (κ3) is 1.29. The van der Waals surface area contributed by atoms with E-state index in [4.69, 9.17) is 4.74 Å².